The summed E-state index contributed by atoms with van der Waals surface area (Å²) in [5, 5.41) is 9.50. The Bertz CT molecular complexity index is 814. The lowest BCUT2D eigenvalue weighted by atomic mass is 10.0. The summed E-state index contributed by atoms with van der Waals surface area (Å²) in [6.07, 6.45) is 19.2. The van der Waals surface area contributed by atoms with Crippen molar-refractivity contribution < 1.29 is 23.8 Å². The first-order chi connectivity index (χ1) is 18.4. The zero-order valence-electron chi connectivity index (χ0n) is 23.6. The van der Waals surface area contributed by atoms with Gasteiger partial charge in [-0.3, -0.25) is 9.13 Å². The van der Waals surface area contributed by atoms with Crippen LogP contribution in [0.3, 0.4) is 0 Å². The highest BCUT2D eigenvalue weighted by molar-refractivity contribution is 8.76. The third-order valence-electron chi connectivity index (χ3n) is 6.21. The van der Waals surface area contributed by atoms with E-state index in [1.165, 1.54) is 94.5 Å². The second kappa shape index (κ2) is 23.4. The molecule has 1 aromatic heterocycles. The number of aliphatic hydroxyl groups is 1. The van der Waals surface area contributed by atoms with Crippen molar-refractivity contribution in [2.45, 2.75) is 116 Å². The topological polar surface area (TPSA) is 111 Å². The maximum absolute atomic E-state index is 12.2. The van der Waals surface area contributed by atoms with Crippen molar-refractivity contribution in [3.63, 3.8) is 0 Å². The highest BCUT2D eigenvalue weighted by Crippen LogP contribution is 2.42. The summed E-state index contributed by atoms with van der Waals surface area (Å²) in [4.78, 5) is 25.7. The Hall–Kier alpha value is -0.350. The van der Waals surface area contributed by atoms with E-state index < -0.39 is 32.3 Å². The standard InChI is InChI=1S/C27H51N2O6PS2/c1-3-4-5-6-7-8-9-10-11-12-13-14-15-16-20-37-38-21-19-35-36(32,33)24-34-26(23-30)22-29-18-17-25(2)28-27(29)31/h17-18,26,30H,3-16,19-24H2,1-2H3,(H,32,33). The molecule has 1 heterocycles. The fourth-order valence-corrected chi connectivity index (χ4v) is 6.91. The van der Waals surface area contributed by atoms with E-state index in [0.29, 0.717) is 11.4 Å². The zero-order chi connectivity index (χ0) is 27.9. The number of aliphatic hydroxyl groups excluding tert-OH is 1. The summed E-state index contributed by atoms with van der Waals surface area (Å²) < 4.78 is 24.0. The van der Waals surface area contributed by atoms with Crippen LogP contribution in [0.5, 0.6) is 0 Å². The highest BCUT2D eigenvalue weighted by atomic mass is 33.1. The van der Waals surface area contributed by atoms with E-state index in [0.717, 1.165) is 5.75 Å². The molecule has 0 saturated carbocycles. The molecule has 0 aromatic carbocycles. The largest absolute Gasteiger partial charge is 0.394 e. The lowest BCUT2D eigenvalue weighted by Gasteiger charge is -2.19. The number of unbranched alkanes of at least 4 members (excludes halogenated alkanes) is 13. The van der Waals surface area contributed by atoms with Crippen LogP contribution in [0, 0.1) is 6.92 Å². The van der Waals surface area contributed by atoms with Crippen molar-refractivity contribution in [3.8, 4) is 0 Å². The number of ether oxygens (including phenoxy) is 1. The van der Waals surface area contributed by atoms with Gasteiger partial charge in [-0.25, -0.2) is 4.79 Å². The van der Waals surface area contributed by atoms with Crippen LogP contribution in [0.4, 0.5) is 0 Å². The molecule has 0 aliphatic rings. The minimum atomic E-state index is -3.94. The van der Waals surface area contributed by atoms with Crippen LogP contribution < -0.4 is 5.69 Å². The molecule has 0 aliphatic carbocycles. The van der Waals surface area contributed by atoms with E-state index in [1.807, 2.05) is 0 Å². The molecule has 1 aromatic rings. The average molecular weight is 595 g/mol. The number of aryl methyl sites for hydroxylation is 1. The minimum absolute atomic E-state index is 0.0361. The Morgan fingerprint density at radius 3 is 2.05 bits per heavy atom. The van der Waals surface area contributed by atoms with Crippen molar-refractivity contribution in [3.05, 3.63) is 28.4 Å². The maximum Gasteiger partial charge on any atom is 0.353 e. The van der Waals surface area contributed by atoms with Crippen LogP contribution in [0.2, 0.25) is 0 Å². The summed E-state index contributed by atoms with van der Waals surface area (Å²) in [6, 6.07) is 1.67. The second-order valence-electron chi connectivity index (χ2n) is 9.82. The summed E-state index contributed by atoms with van der Waals surface area (Å²) in [7, 11) is -0.513. The highest BCUT2D eigenvalue weighted by Gasteiger charge is 2.22. The van der Waals surface area contributed by atoms with Gasteiger partial charge in [0, 0.05) is 23.4 Å². The van der Waals surface area contributed by atoms with Crippen molar-refractivity contribution in [1.82, 2.24) is 9.55 Å². The molecule has 0 amide bonds. The molecule has 2 N–H and O–H groups in total. The number of aromatic nitrogens is 2. The molecule has 2 unspecified atom stereocenters. The molecule has 0 spiro atoms. The molecule has 0 fully saturated rings. The summed E-state index contributed by atoms with van der Waals surface area (Å²) in [5.74, 6) is 1.69. The van der Waals surface area contributed by atoms with Crippen molar-refractivity contribution in [2.75, 3.05) is 31.1 Å². The van der Waals surface area contributed by atoms with E-state index in [1.54, 1.807) is 40.8 Å². The van der Waals surface area contributed by atoms with Gasteiger partial charge in [0.25, 0.3) is 0 Å². The average Bonchev–Trinajstić information content (AvgIpc) is 2.89. The summed E-state index contributed by atoms with van der Waals surface area (Å²) in [6.45, 7) is 3.77. The second-order valence-corrected chi connectivity index (χ2v) is 14.3. The van der Waals surface area contributed by atoms with Gasteiger partial charge < -0.3 is 19.3 Å². The van der Waals surface area contributed by atoms with Crippen LogP contribution >= 0.6 is 29.2 Å². The van der Waals surface area contributed by atoms with Gasteiger partial charge in [0.1, 0.15) is 6.35 Å². The van der Waals surface area contributed by atoms with Gasteiger partial charge in [-0.05, 0) is 19.4 Å². The van der Waals surface area contributed by atoms with E-state index >= 15 is 0 Å². The maximum atomic E-state index is 12.2. The monoisotopic (exact) mass is 594 g/mol. The number of hydrogen-bond acceptors (Lipinski definition) is 8. The van der Waals surface area contributed by atoms with E-state index in [9.17, 15) is 19.4 Å². The molecule has 0 saturated heterocycles. The molecule has 2 atom stereocenters. The number of hydrogen-bond donors (Lipinski definition) is 2. The molecule has 11 heteroatoms. The Labute approximate surface area is 238 Å². The van der Waals surface area contributed by atoms with Crippen molar-refractivity contribution in [1.29, 1.82) is 0 Å². The van der Waals surface area contributed by atoms with Crippen LogP contribution in [0.25, 0.3) is 0 Å². The van der Waals surface area contributed by atoms with Gasteiger partial charge in [0.2, 0.25) is 0 Å². The molecular formula is C27H51N2O6PS2. The molecular weight excluding hydrogens is 543 g/mol. The molecule has 222 valence electrons. The predicted octanol–water partition coefficient (Wildman–Crippen LogP) is 6.95. The Morgan fingerprint density at radius 2 is 1.50 bits per heavy atom. The van der Waals surface area contributed by atoms with E-state index in [-0.39, 0.29) is 13.2 Å². The predicted molar refractivity (Wildman–Crippen MR) is 161 cm³/mol. The normalized spacial score (nSPS) is 14.0. The zero-order valence-corrected chi connectivity index (χ0v) is 26.1. The lowest BCUT2D eigenvalue weighted by molar-refractivity contribution is 0.0170. The molecule has 38 heavy (non-hydrogen) atoms. The van der Waals surface area contributed by atoms with Crippen LogP contribution in [-0.4, -0.2) is 56.7 Å². The smallest absolute Gasteiger partial charge is 0.353 e. The van der Waals surface area contributed by atoms with Gasteiger partial charge in [-0.1, -0.05) is 112 Å². The summed E-state index contributed by atoms with van der Waals surface area (Å²) in [5.41, 5.74) is 0.135. The summed E-state index contributed by atoms with van der Waals surface area (Å²) >= 11 is 0. The van der Waals surface area contributed by atoms with Gasteiger partial charge in [-0.15, -0.1) is 0 Å². The van der Waals surface area contributed by atoms with Gasteiger partial charge in [0.05, 0.1) is 25.9 Å². The third-order valence-corrected chi connectivity index (χ3v) is 9.73. The number of nitrogens with zero attached hydrogens (tertiary/aromatic N) is 2. The van der Waals surface area contributed by atoms with Gasteiger partial charge in [0.15, 0.2) is 0 Å². The number of rotatable bonds is 26. The quantitative estimate of drug-likeness (QED) is 0.0668. The molecule has 8 nitrogen and oxygen atoms in total. The third kappa shape index (κ3) is 19.7. The van der Waals surface area contributed by atoms with Crippen molar-refractivity contribution >= 4 is 29.2 Å². The van der Waals surface area contributed by atoms with Gasteiger partial charge >= 0.3 is 13.3 Å². The minimum Gasteiger partial charge on any atom is -0.394 e. The van der Waals surface area contributed by atoms with Crippen molar-refractivity contribution in [2.24, 2.45) is 0 Å². The van der Waals surface area contributed by atoms with Crippen LogP contribution in [0.15, 0.2) is 17.1 Å². The van der Waals surface area contributed by atoms with E-state index in [2.05, 4.69) is 11.9 Å². The van der Waals surface area contributed by atoms with Gasteiger partial charge in [-0.2, -0.15) is 4.98 Å². The molecule has 0 radical (unpaired) electrons. The first-order valence-electron chi connectivity index (χ1n) is 14.3. The first-order valence-corrected chi connectivity index (χ1v) is 18.6. The molecule has 1 rings (SSSR count). The Kier molecular flexibility index (Phi) is 21.9. The Balaban J connectivity index is 1.94. The fraction of sp³-hybridized carbons (Fsp3) is 0.852. The first kappa shape index (κ1) is 35.7. The van der Waals surface area contributed by atoms with Crippen LogP contribution in [-0.2, 0) is 20.4 Å². The lowest BCUT2D eigenvalue weighted by Crippen LogP contribution is -2.32. The molecule has 0 aliphatic heterocycles. The van der Waals surface area contributed by atoms with E-state index in [4.69, 9.17) is 9.26 Å². The fourth-order valence-electron chi connectivity index (χ4n) is 3.96. The van der Waals surface area contributed by atoms with Crippen LogP contribution in [0.1, 0.15) is 103 Å². The Morgan fingerprint density at radius 1 is 0.947 bits per heavy atom. The SMILES string of the molecule is CCCCCCCCCCCCCCCCSSCCOP(=O)(O)COC(CO)Cn1ccc(C)nc1=O. The molecule has 0 bridgehead atoms.